The summed E-state index contributed by atoms with van der Waals surface area (Å²) in [6.07, 6.45) is -2.57. The lowest BCUT2D eigenvalue weighted by molar-refractivity contribution is 0.00706. The van der Waals surface area contributed by atoms with Gasteiger partial charge < -0.3 is 29.0 Å². The lowest BCUT2D eigenvalue weighted by Crippen LogP contribution is -2.34. The summed E-state index contributed by atoms with van der Waals surface area (Å²) in [7, 11) is 0. The van der Waals surface area contributed by atoms with Crippen molar-refractivity contribution in [1.29, 1.82) is 0 Å². The van der Waals surface area contributed by atoms with Crippen LogP contribution in [0.3, 0.4) is 0 Å². The number of benzene rings is 2. The molecular weight excluding hydrogens is 526 g/mol. The van der Waals surface area contributed by atoms with E-state index in [-0.39, 0.29) is 30.6 Å². The molecule has 5 N–H and O–H groups in total. The summed E-state index contributed by atoms with van der Waals surface area (Å²) in [5.74, 6) is 5.22. The van der Waals surface area contributed by atoms with Crippen LogP contribution in [0.15, 0.2) is 61.2 Å². The average molecular weight is 550 g/mol. The number of aromatic amines is 1. The van der Waals surface area contributed by atoms with Crippen LogP contribution >= 0.6 is 11.6 Å². The molecule has 12 heteroatoms. The Kier molecular flexibility index (Phi) is 6.67. The first-order chi connectivity index (χ1) is 18.9. The van der Waals surface area contributed by atoms with E-state index in [1.54, 1.807) is 18.2 Å². The van der Waals surface area contributed by atoms with Gasteiger partial charge in [0.1, 0.15) is 24.1 Å². The summed E-state index contributed by atoms with van der Waals surface area (Å²) in [4.78, 5) is 23.5. The fraction of sp³-hybridized carbons (Fsp3) is 0.222. The predicted octanol–water partition coefficient (Wildman–Crippen LogP) is 3.42. The van der Waals surface area contributed by atoms with Crippen molar-refractivity contribution in [1.82, 2.24) is 20.4 Å². The molecule has 2 aliphatic heterocycles. The minimum absolute atomic E-state index is 0.189. The maximum absolute atomic E-state index is 11.3. The summed E-state index contributed by atoms with van der Waals surface area (Å²) < 4.78 is 22.2. The molecule has 200 valence electrons. The van der Waals surface area contributed by atoms with Gasteiger partial charge in [0.05, 0.1) is 29.4 Å². The molecule has 0 bridgehead atoms. The summed E-state index contributed by atoms with van der Waals surface area (Å²) in [5, 5.41) is 10.4. The van der Waals surface area contributed by atoms with Crippen molar-refractivity contribution in [3.05, 3.63) is 71.8 Å². The summed E-state index contributed by atoms with van der Waals surface area (Å²) in [6, 6.07) is 17.2. The molecule has 4 heterocycles. The van der Waals surface area contributed by atoms with Gasteiger partial charge in [0.25, 0.3) is 6.01 Å². The van der Waals surface area contributed by atoms with Gasteiger partial charge in [0.2, 0.25) is 0 Å². The Bertz CT molecular complexity index is 1540. The predicted molar refractivity (Wildman–Crippen MR) is 143 cm³/mol. The molecule has 1 amide bonds. The van der Waals surface area contributed by atoms with Crippen LogP contribution in [0.4, 0.5) is 4.79 Å². The largest absolute Gasteiger partial charge is 0.456 e. The van der Waals surface area contributed by atoms with Crippen molar-refractivity contribution in [2.75, 3.05) is 13.2 Å². The van der Waals surface area contributed by atoms with E-state index >= 15 is 0 Å². The number of nitrogens with one attached hydrogen (secondary N) is 2. The molecule has 0 aliphatic carbocycles. The quantitative estimate of drug-likeness (QED) is 0.122. The molecule has 2 aromatic heterocycles. The number of imidazole rings is 1. The number of aliphatic hydroxyl groups excluding tert-OH is 1. The van der Waals surface area contributed by atoms with E-state index in [0.29, 0.717) is 34.1 Å². The molecule has 2 aromatic carbocycles. The number of pyridine rings is 1. The van der Waals surface area contributed by atoms with Crippen molar-refractivity contribution in [3.63, 3.8) is 0 Å². The number of carbonyl (C=O) groups is 1. The third kappa shape index (κ3) is 4.93. The smallest absolute Gasteiger partial charge is 0.426 e. The van der Waals surface area contributed by atoms with E-state index in [9.17, 15) is 9.90 Å². The van der Waals surface area contributed by atoms with Gasteiger partial charge in [-0.25, -0.2) is 15.6 Å². The normalized spacial score (nSPS) is 22.0. The van der Waals surface area contributed by atoms with Crippen LogP contribution in [0.5, 0.6) is 6.01 Å². The van der Waals surface area contributed by atoms with E-state index in [0.717, 1.165) is 16.7 Å². The first-order valence-electron chi connectivity index (χ1n) is 12.1. The first kappa shape index (κ1) is 25.3. The van der Waals surface area contributed by atoms with Crippen LogP contribution in [0.1, 0.15) is 5.56 Å². The molecule has 11 nitrogen and oxygen atoms in total. The number of halogens is 1. The number of ether oxygens (including phenoxy) is 4. The molecule has 1 unspecified atom stereocenters. The van der Waals surface area contributed by atoms with E-state index in [1.165, 1.54) is 0 Å². The lowest BCUT2D eigenvalue weighted by atomic mass is 10.0. The standard InChI is InChI=1S/C27H24ClN5O6/c1-13(38-27(35)33-29)14-2-4-15(5-3-14)16-6-8-17(9-7-16)22-18(28)10-19-25(31-22)32-26(30-19)39-21-12-37-23-20(34)11-36-24(21)23/h2-10,20-21,23-24,34H,1,11-12,29H2,(H,33,35)(H,30,31,32)/t20-,21-,23?,24-/m1/s1. The third-order valence-electron chi connectivity index (χ3n) is 6.68. The Hall–Kier alpha value is -4.00. The monoisotopic (exact) mass is 549 g/mol. The number of aromatic nitrogens is 3. The van der Waals surface area contributed by atoms with Crippen LogP contribution in [-0.4, -0.2) is 63.8 Å². The minimum atomic E-state index is -0.787. The maximum atomic E-state index is 11.3. The maximum Gasteiger partial charge on any atom is 0.426 e. The number of aliphatic hydroxyl groups is 1. The van der Waals surface area contributed by atoms with Gasteiger partial charge in [-0.1, -0.05) is 66.7 Å². The number of rotatable bonds is 6. The van der Waals surface area contributed by atoms with Gasteiger partial charge in [-0.05, 0) is 17.2 Å². The number of nitrogens with zero attached hydrogens (tertiary/aromatic N) is 2. The highest BCUT2D eigenvalue weighted by Gasteiger charge is 2.48. The second-order valence-electron chi connectivity index (χ2n) is 9.16. The SMILES string of the molecule is C=C(OC(=O)NN)c1ccc(-c2ccc(-c3nc4nc(O[C@@H]5COC6[C@H](O)CO[C@@H]65)[nH]c4cc3Cl)cc2)cc1. The van der Waals surface area contributed by atoms with Gasteiger partial charge in [0, 0.05) is 11.1 Å². The van der Waals surface area contributed by atoms with Gasteiger partial charge in [-0.15, -0.1) is 0 Å². The third-order valence-corrected chi connectivity index (χ3v) is 6.97. The zero-order valence-corrected chi connectivity index (χ0v) is 21.2. The molecule has 0 radical (unpaired) electrons. The van der Waals surface area contributed by atoms with Gasteiger partial charge >= 0.3 is 6.09 Å². The minimum Gasteiger partial charge on any atom is -0.456 e. The Labute approximate surface area is 227 Å². The zero-order valence-electron chi connectivity index (χ0n) is 20.5. The van der Waals surface area contributed by atoms with Crippen molar-refractivity contribution in [2.45, 2.75) is 24.4 Å². The number of H-pyrrole nitrogens is 1. The topological polar surface area (TPSA) is 154 Å². The molecule has 0 spiro atoms. The summed E-state index contributed by atoms with van der Waals surface area (Å²) in [5.41, 5.74) is 6.97. The van der Waals surface area contributed by atoms with Gasteiger partial charge in [0.15, 0.2) is 11.8 Å². The Morgan fingerprint density at radius 2 is 1.72 bits per heavy atom. The fourth-order valence-electron chi connectivity index (χ4n) is 4.71. The van der Waals surface area contributed by atoms with Crippen molar-refractivity contribution in [3.8, 4) is 28.4 Å². The molecule has 6 rings (SSSR count). The molecule has 2 saturated heterocycles. The molecule has 2 fully saturated rings. The lowest BCUT2D eigenvalue weighted by Gasteiger charge is -2.15. The number of fused-ring (bicyclic) bond motifs is 2. The fourth-order valence-corrected chi connectivity index (χ4v) is 4.97. The first-order valence-corrected chi connectivity index (χ1v) is 12.5. The number of carbonyl (C=O) groups excluding carboxylic acids is 1. The van der Waals surface area contributed by atoms with E-state index in [1.807, 2.05) is 41.8 Å². The number of hydrogen-bond donors (Lipinski definition) is 4. The van der Waals surface area contributed by atoms with Crippen LogP contribution in [0.25, 0.3) is 39.3 Å². The number of amides is 1. The molecule has 39 heavy (non-hydrogen) atoms. The van der Waals surface area contributed by atoms with E-state index < -0.39 is 18.3 Å². The van der Waals surface area contributed by atoms with Crippen LogP contribution < -0.4 is 16.0 Å². The molecule has 4 atom stereocenters. The highest BCUT2D eigenvalue weighted by Crippen LogP contribution is 2.33. The molecule has 2 aliphatic rings. The Balaban J connectivity index is 1.18. The van der Waals surface area contributed by atoms with Crippen LogP contribution in [0.2, 0.25) is 5.02 Å². The highest BCUT2D eigenvalue weighted by molar-refractivity contribution is 6.33. The number of nitrogens with two attached hydrogens (primary N) is 1. The molecular formula is C27H24ClN5O6. The highest BCUT2D eigenvalue weighted by atomic mass is 35.5. The zero-order chi connectivity index (χ0) is 27.1. The Morgan fingerprint density at radius 3 is 2.44 bits per heavy atom. The van der Waals surface area contributed by atoms with Crippen LogP contribution in [0, 0.1) is 0 Å². The summed E-state index contributed by atoms with van der Waals surface area (Å²) >= 11 is 6.58. The number of hydrogen-bond acceptors (Lipinski definition) is 9. The summed E-state index contributed by atoms with van der Waals surface area (Å²) in [6.45, 7) is 4.26. The van der Waals surface area contributed by atoms with E-state index in [4.69, 9.17) is 36.4 Å². The van der Waals surface area contributed by atoms with Gasteiger partial charge in [-0.3, -0.25) is 5.43 Å². The molecule has 4 aromatic rings. The molecule has 0 saturated carbocycles. The number of hydrazine groups is 1. The van der Waals surface area contributed by atoms with Crippen molar-refractivity contribution < 1.29 is 28.8 Å². The second-order valence-corrected chi connectivity index (χ2v) is 9.57. The van der Waals surface area contributed by atoms with Gasteiger partial charge in [-0.2, -0.15) is 4.98 Å². The van der Waals surface area contributed by atoms with Crippen molar-refractivity contribution >= 4 is 34.6 Å². The second kappa shape index (κ2) is 10.3. The van der Waals surface area contributed by atoms with Crippen LogP contribution in [-0.2, 0) is 14.2 Å². The van der Waals surface area contributed by atoms with Crippen molar-refractivity contribution in [2.24, 2.45) is 5.84 Å². The van der Waals surface area contributed by atoms with E-state index in [2.05, 4.69) is 21.5 Å². The average Bonchev–Trinajstić information content (AvgIpc) is 3.64. The Morgan fingerprint density at radius 1 is 1.05 bits per heavy atom.